The molecule has 0 saturated heterocycles. The number of aldehydes is 1. The molecule has 44 heavy (non-hydrogen) atoms. The van der Waals surface area contributed by atoms with E-state index in [1.807, 2.05) is 49.3 Å². The summed E-state index contributed by atoms with van der Waals surface area (Å²) in [4.78, 5) is 25.6. The van der Waals surface area contributed by atoms with E-state index in [0.29, 0.717) is 39.8 Å². The van der Waals surface area contributed by atoms with Gasteiger partial charge in [0, 0.05) is 41.9 Å². The normalized spacial score (nSPS) is 12.0. The highest BCUT2D eigenvalue weighted by molar-refractivity contribution is 8.24. The first-order valence-electron chi connectivity index (χ1n) is 15.6. The summed E-state index contributed by atoms with van der Waals surface area (Å²) in [5, 5.41) is 3.20. The molecule has 1 aromatic carbocycles. The van der Waals surface area contributed by atoms with E-state index in [-0.39, 0.29) is 11.9 Å². The van der Waals surface area contributed by atoms with Gasteiger partial charge in [-0.25, -0.2) is 0 Å². The summed E-state index contributed by atoms with van der Waals surface area (Å²) in [5.74, 6) is 3.94. The van der Waals surface area contributed by atoms with Crippen LogP contribution in [0.25, 0.3) is 17.4 Å². The minimum atomic E-state index is -0.0493. The lowest BCUT2D eigenvalue weighted by Crippen LogP contribution is -2.36. The van der Waals surface area contributed by atoms with Crippen LogP contribution in [0.2, 0.25) is 0 Å². The minimum absolute atomic E-state index is 0.0493. The van der Waals surface area contributed by atoms with Gasteiger partial charge in [0.2, 0.25) is 0 Å². The quantitative estimate of drug-likeness (QED) is 0.0705. The van der Waals surface area contributed by atoms with E-state index in [1.54, 1.807) is 14.2 Å². The number of carbonyl (C=O) groups excluding carboxylic acids is 2. The molecule has 0 aliphatic rings. The molecule has 1 aromatic heterocycles. The number of nitrogens with zero attached hydrogens (tertiary/aromatic N) is 1. The fourth-order valence-corrected chi connectivity index (χ4v) is 5.50. The van der Waals surface area contributed by atoms with Crippen LogP contribution in [0, 0.1) is 11.8 Å². The zero-order valence-corrected chi connectivity index (χ0v) is 29.9. The number of thiocarbonyl (C=S) groups is 1. The summed E-state index contributed by atoms with van der Waals surface area (Å²) in [6.45, 7) is 11.6. The van der Waals surface area contributed by atoms with E-state index in [2.05, 4.69) is 39.9 Å². The Balaban J connectivity index is 0.00000123. The van der Waals surface area contributed by atoms with Crippen LogP contribution in [0.15, 0.2) is 33.6 Å². The summed E-state index contributed by atoms with van der Waals surface area (Å²) in [7, 11) is 7.06. The number of amides is 1. The molecule has 1 atom stereocenters. The van der Waals surface area contributed by atoms with Crippen LogP contribution in [0.3, 0.4) is 0 Å². The summed E-state index contributed by atoms with van der Waals surface area (Å²) in [5.41, 5.74) is 1.88. The number of hydrogen-bond donors (Lipinski definition) is 1. The number of thioether (sulfide) groups is 1. The van der Waals surface area contributed by atoms with Crippen molar-refractivity contribution in [2.24, 2.45) is 11.8 Å². The second-order valence-corrected chi connectivity index (χ2v) is 12.8. The fraction of sp³-hybridized carbons (Fsp3) is 0.571. The molecular formula is C35H54N2O5S2. The molecule has 0 radical (unpaired) electrons. The highest BCUT2D eigenvalue weighted by Gasteiger charge is 2.23. The van der Waals surface area contributed by atoms with Crippen LogP contribution >= 0.6 is 24.0 Å². The molecular weight excluding hydrogens is 593 g/mol. The summed E-state index contributed by atoms with van der Waals surface area (Å²) in [6, 6.07) is 7.82. The van der Waals surface area contributed by atoms with Crippen LogP contribution in [0.5, 0.6) is 11.5 Å². The van der Waals surface area contributed by atoms with Gasteiger partial charge < -0.3 is 28.9 Å². The first-order chi connectivity index (χ1) is 21.1. The van der Waals surface area contributed by atoms with Crippen LogP contribution in [0.4, 0.5) is 0 Å². The molecule has 246 valence electrons. The van der Waals surface area contributed by atoms with Crippen molar-refractivity contribution in [3.05, 3.63) is 40.5 Å². The van der Waals surface area contributed by atoms with Crippen molar-refractivity contribution >= 4 is 46.9 Å². The predicted octanol–water partition coefficient (Wildman–Crippen LogP) is 8.44. The van der Waals surface area contributed by atoms with Crippen LogP contribution in [0.1, 0.15) is 84.5 Å². The highest BCUT2D eigenvalue weighted by Crippen LogP contribution is 2.34. The van der Waals surface area contributed by atoms with Gasteiger partial charge in [0.25, 0.3) is 5.91 Å². The third-order valence-electron chi connectivity index (χ3n) is 7.67. The topological polar surface area (TPSA) is 81.0 Å². The zero-order chi connectivity index (χ0) is 33.1. The van der Waals surface area contributed by atoms with Crippen molar-refractivity contribution < 1.29 is 23.5 Å². The molecule has 1 N–H and O–H groups in total. The Morgan fingerprint density at radius 2 is 1.73 bits per heavy atom. The molecule has 1 heterocycles. The molecule has 0 fully saturated rings. The highest BCUT2D eigenvalue weighted by atomic mass is 32.2. The number of carbonyl (C=O) groups is 2. The van der Waals surface area contributed by atoms with Crippen molar-refractivity contribution in [3.8, 4) is 22.8 Å². The zero-order valence-electron chi connectivity index (χ0n) is 28.2. The molecule has 0 aliphatic heterocycles. The lowest BCUT2D eigenvalue weighted by atomic mass is 9.95. The predicted molar refractivity (Wildman–Crippen MR) is 190 cm³/mol. The number of ether oxygens (including phenoxy) is 2. The summed E-state index contributed by atoms with van der Waals surface area (Å²) < 4.78 is 18.8. The summed E-state index contributed by atoms with van der Waals surface area (Å²) in [6.07, 6.45) is 9.51. The van der Waals surface area contributed by atoms with Gasteiger partial charge in [0.15, 0.2) is 0 Å². The molecule has 1 amide bonds. The Labute approximate surface area is 275 Å². The van der Waals surface area contributed by atoms with E-state index in [9.17, 15) is 9.59 Å². The maximum Gasteiger partial charge on any atom is 0.260 e. The van der Waals surface area contributed by atoms with Gasteiger partial charge in [-0.05, 0) is 81.8 Å². The number of hydrogen-bond acceptors (Lipinski definition) is 8. The molecule has 7 nitrogen and oxygen atoms in total. The smallest absolute Gasteiger partial charge is 0.260 e. The van der Waals surface area contributed by atoms with Gasteiger partial charge in [-0.1, -0.05) is 64.5 Å². The molecule has 1 unspecified atom stereocenters. The van der Waals surface area contributed by atoms with E-state index in [0.717, 1.165) is 68.9 Å². The molecule has 0 spiro atoms. The third-order valence-corrected chi connectivity index (χ3v) is 8.60. The number of aryl methyl sites for hydroxylation is 1. The minimum Gasteiger partial charge on any atom is -0.497 e. The van der Waals surface area contributed by atoms with Gasteiger partial charge in [0.1, 0.15) is 29.3 Å². The molecule has 9 heteroatoms. The maximum atomic E-state index is 13.5. The van der Waals surface area contributed by atoms with Crippen LogP contribution < -0.4 is 14.8 Å². The third kappa shape index (κ3) is 13.6. The number of likely N-dealkylation sites (N-methyl/N-ethyl adjacent to an activating group) is 1. The van der Waals surface area contributed by atoms with E-state index >= 15 is 0 Å². The van der Waals surface area contributed by atoms with Crippen LogP contribution in [-0.4, -0.2) is 62.7 Å². The number of rotatable bonds is 19. The number of benzene rings is 1. The fourth-order valence-electron chi connectivity index (χ4n) is 4.66. The Hall–Kier alpha value is -2.62. The van der Waals surface area contributed by atoms with Crippen LogP contribution in [-0.2, 0) is 16.0 Å². The Morgan fingerprint density at radius 3 is 2.20 bits per heavy atom. The van der Waals surface area contributed by atoms with Gasteiger partial charge in [-0.15, -0.1) is 0 Å². The average molecular weight is 647 g/mol. The standard InChI is InChI=1S/C29H42N2O4S2.C6H12O/c1-8-21(9-2)13-20(3)31(5)29(32)28(37-19-36)18-27-22(11-10-12-30-4)16-26(35-27)23-14-24(33-6)17-25(15-23)34-7;1-6(2)4-3-5-7/h14-21,30H,8-13H2,1-7H3;5-6H,3-4H2,1-2H3/b28-18-;. The van der Waals surface area contributed by atoms with Crippen molar-refractivity contribution in [1.82, 2.24) is 10.2 Å². The Morgan fingerprint density at radius 1 is 1.09 bits per heavy atom. The van der Waals surface area contributed by atoms with Gasteiger partial charge >= 0.3 is 0 Å². The van der Waals surface area contributed by atoms with E-state index in [1.165, 1.54) is 16.5 Å². The summed E-state index contributed by atoms with van der Waals surface area (Å²) >= 11 is 6.40. The van der Waals surface area contributed by atoms with Gasteiger partial charge in [0.05, 0.1) is 19.1 Å². The lowest BCUT2D eigenvalue weighted by Gasteiger charge is -2.28. The number of methoxy groups -OCH3 is 2. The molecule has 0 bridgehead atoms. The Kier molecular flexibility index (Phi) is 19.7. The van der Waals surface area contributed by atoms with Gasteiger partial charge in [-0.3, -0.25) is 4.79 Å². The first-order valence-corrected chi connectivity index (χ1v) is 17.0. The Bertz CT molecular complexity index is 1150. The number of nitrogens with one attached hydrogen (secondary N) is 1. The second kappa shape index (κ2) is 22.0. The SMILES string of the molecule is CC(C)CCC=O.CCC(CC)CC(C)N(C)C(=O)/C(=C/c1oc(-c2cc(OC)cc(OC)c2)cc1CCCNC)SC=S. The lowest BCUT2D eigenvalue weighted by molar-refractivity contribution is -0.127. The van der Waals surface area contributed by atoms with Crippen molar-refractivity contribution in [2.45, 2.75) is 85.6 Å². The van der Waals surface area contributed by atoms with Crippen molar-refractivity contribution in [1.29, 1.82) is 0 Å². The maximum absolute atomic E-state index is 13.5. The molecule has 2 aromatic rings. The average Bonchev–Trinajstić information content (AvgIpc) is 3.43. The monoisotopic (exact) mass is 646 g/mol. The molecule has 0 aliphatic carbocycles. The molecule has 2 rings (SSSR count). The van der Waals surface area contributed by atoms with Crippen molar-refractivity contribution in [2.75, 3.05) is 34.9 Å². The first kappa shape index (κ1) is 39.4. The van der Waals surface area contributed by atoms with E-state index in [4.69, 9.17) is 26.1 Å². The largest absolute Gasteiger partial charge is 0.497 e. The molecule has 0 saturated carbocycles. The van der Waals surface area contributed by atoms with Crippen molar-refractivity contribution in [3.63, 3.8) is 0 Å². The van der Waals surface area contributed by atoms with Gasteiger partial charge in [-0.2, -0.15) is 0 Å². The van der Waals surface area contributed by atoms with E-state index < -0.39 is 0 Å². The number of furan rings is 1. The second-order valence-electron chi connectivity index (χ2n) is 11.4.